The third kappa shape index (κ3) is 4.11. The molecule has 0 aliphatic heterocycles. The first-order chi connectivity index (χ1) is 4.85. The number of hydrogen-bond acceptors (Lipinski definition) is 2. The lowest BCUT2D eigenvalue weighted by molar-refractivity contribution is 0.132. The molecule has 2 nitrogen and oxygen atoms in total. The topological polar surface area (TPSA) is 33.0 Å². The molecule has 0 bridgehead atoms. The molecule has 0 heterocycles. The van der Waals surface area contributed by atoms with Crippen molar-refractivity contribution in [1.29, 1.82) is 5.26 Å². The van der Waals surface area contributed by atoms with Gasteiger partial charge in [0.1, 0.15) is 0 Å². The van der Waals surface area contributed by atoms with Crippen LogP contribution in [0.3, 0.4) is 0 Å². The van der Waals surface area contributed by atoms with Crippen LogP contribution in [-0.2, 0) is 4.74 Å². The minimum absolute atomic E-state index is 0.119. The van der Waals surface area contributed by atoms with Crippen molar-refractivity contribution < 1.29 is 4.74 Å². The number of ether oxygens (including phenoxy) is 1. The first-order valence-corrected chi connectivity index (χ1v) is 3.37. The van der Waals surface area contributed by atoms with E-state index in [1.54, 1.807) is 13.2 Å². The normalized spacial score (nSPS) is 12.0. The Hall–Kier alpha value is -0.810. The largest absolute Gasteiger partial charge is 0.377 e. The number of nitriles is 1. The highest BCUT2D eigenvalue weighted by atomic mass is 16.5. The van der Waals surface area contributed by atoms with Crippen LogP contribution in [0.1, 0.15) is 19.3 Å². The Morgan fingerprint density at radius 2 is 2.50 bits per heavy atom. The molecule has 0 N–H and O–H groups in total. The molecule has 0 aromatic carbocycles. The fourth-order valence-electron chi connectivity index (χ4n) is 0.714. The molecule has 0 aromatic heterocycles. The van der Waals surface area contributed by atoms with Gasteiger partial charge in [0.15, 0.2) is 0 Å². The van der Waals surface area contributed by atoms with E-state index in [4.69, 9.17) is 10.00 Å². The van der Waals surface area contributed by atoms with Gasteiger partial charge in [-0.2, -0.15) is 5.26 Å². The molecule has 1 atom stereocenters. The molecule has 0 spiro atoms. The summed E-state index contributed by atoms with van der Waals surface area (Å²) in [5.74, 6) is 0. The Labute approximate surface area is 62.1 Å². The van der Waals surface area contributed by atoms with Crippen molar-refractivity contribution in [3.8, 4) is 6.07 Å². The zero-order valence-corrected chi connectivity index (χ0v) is 6.34. The van der Waals surface area contributed by atoms with E-state index >= 15 is 0 Å². The average molecular weight is 139 g/mol. The van der Waals surface area contributed by atoms with E-state index < -0.39 is 0 Å². The second kappa shape index (κ2) is 6.31. The van der Waals surface area contributed by atoms with Gasteiger partial charge in [-0.15, -0.1) is 6.58 Å². The van der Waals surface area contributed by atoms with E-state index in [-0.39, 0.29) is 6.10 Å². The predicted molar refractivity (Wildman–Crippen MR) is 40.5 cm³/mol. The van der Waals surface area contributed by atoms with Crippen LogP contribution in [0.4, 0.5) is 0 Å². The van der Waals surface area contributed by atoms with Crippen LogP contribution in [0.2, 0.25) is 0 Å². The third-order valence-corrected chi connectivity index (χ3v) is 1.34. The molecule has 0 saturated carbocycles. The van der Waals surface area contributed by atoms with E-state index in [9.17, 15) is 0 Å². The molecule has 0 radical (unpaired) electrons. The summed E-state index contributed by atoms with van der Waals surface area (Å²) in [6.07, 6.45) is 4.27. The summed E-state index contributed by atoms with van der Waals surface area (Å²) in [7, 11) is 1.65. The summed E-state index contributed by atoms with van der Waals surface area (Å²) < 4.78 is 5.02. The van der Waals surface area contributed by atoms with E-state index in [1.165, 1.54) is 0 Å². The van der Waals surface area contributed by atoms with E-state index in [0.29, 0.717) is 6.42 Å². The van der Waals surface area contributed by atoms with Gasteiger partial charge in [-0.25, -0.2) is 0 Å². The smallest absolute Gasteiger partial charge is 0.0749 e. The Bertz CT molecular complexity index is 126. The van der Waals surface area contributed by atoms with Crippen LogP contribution in [0.15, 0.2) is 12.7 Å². The predicted octanol–water partition coefficient (Wildman–Crippen LogP) is 1.88. The van der Waals surface area contributed by atoms with Crippen LogP contribution < -0.4 is 0 Å². The standard InChI is InChI=1S/C8H13NO/c1-3-8(10-2)6-4-5-7-9/h3,8H,1,4-6H2,2H3. The Kier molecular flexibility index (Phi) is 5.80. The summed E-state index contributed by atoms with van der Waals surface area (Å²) >= 11 is 0. The van der Waals surface area contributed by atoms with Crippen molar-refractivity contribution >= 4 is 0 Å². The van der Waals surface area contributed by atoms with E-state index in [1.807, 2.05) is 0 Å². The minimum Gasteiger partial charge on any atom is -0.377 e. The van der Waals surface area contributed by atoms with Crippen molar-refractivity contribution in [2.45, 2.75) is 25.4 Å². The van der Waals surface area contributed by atoms with Gasteiger partial charge in [-0.3, -0.25) is 0 Å². The monoisotopic (exact) mass is 139 g/mol. The lowest BCUT2D eigenvalue weighted by Crippen LogP contribution is -2.05. The molecule has 0 aliphatic carbocycles. The summed E-state index contributed by atoms with van der Waals surface area (Å²) in [6.45, 7) is 3.60. The van der Waals surface area contributed by atoms with Crippen LogP contribution in [-0.4, -0.2) is 13.2 Å². The van der Waals surface area contributed by atoms with Crippen molar-refractivity contribution in [1.82, 2.24) is 0 Å². The lowest BCUT2D eigenvalue weighted by Gasteiger charge is -2.07. The summed E-state index contributed by atoms with van der Waals surface area (Å²) in [6, 6.07) is 2.08. The highest BCUT2D eigenvalue weighted by Crippen LogP contribution is 2.03. The highest BCUT2D eigenvalue weighted by Gasteiger charge is 1.99. The second-order valence-corrected chi connectivity index (χ2v) is 2.06. The van der Waals surface area contributed by atoms with Crippen molar-refractivity contribution in [2.24, 2.45) is 0 Å². The van der Waals surface area contributed by atoms with Gasteiger partial charge in [0.25, 0.3) is 0 Å². The van der Waals surface area contributed by atoms with E-state index in [2.05, 4.69) is 12.6 Å². The molecule has 1 unspecified atom stereocenters. The van der Waals surface area contributed by atoms with Gasteiger partial charge in [0, 0.05) is 13.5 Å². The van der Waals surface area contributed by atoms with Crippen LogP contribution in [0, 0.1) is 11.3 Å². The summed E-state index contributed by atoms with van der Waals surface area (Å²) in [5, 5.41) is 8.21. The SMILES string of the molecule is C=CC(CCCC#N)OC. The van der Waals surface area contributed by atoms with Crippen molar-refractivity contribution in [2.75, 3.05) is 7.11 Å². The van der Waals surface area contributed by atoms with Crippen LogP contribution in [0.25, 0.3) is 0 Å². The zero-order valence-electron chi connectivity index (χ0n) is 6.34. The van der Waals surface area contributed by atoms with Gasteiger partial charge in [-0.1, -0.05) is 6.08 Å². The van der Waals surface area contributed by atoms with Crippen LogP contribution >= 0.6 is 0 Å². The fourth-order valence-corrected chi connectivity index (χ4v) is 0.714. The van der Waals surface area contributed by atoms with Crippen molar-refractivity contribution in [3.05, 3.63) is 12.7 Å². The van der Waals surface area contributed by atoms with Gasteiger partial charge in [0.2, 0.25) is 0 Å². The molecule has 0 fully saturated rings. The summed E-state index contributed by atoms with van der Waals surface area (Å²) in [5.41, 5.74) is 0. The maximum absolute atomic E-state index is 8.21. The number of unbranched alkanes of at least 4 members (excludes halogenated alkanes) is 1. The highest BCUT2D eigenvalue weighted by molar-refractivity contribution is 4.80. The Morgan fingerprint density at radius 1 is 1.80 bits per heavy atom. The van der Waals surface area contributed by atoms with Gasteiger partial charge >= 0.3 is 0 Å². The Morgan fingerprint density at radius 3 is 2.90 bits per heavy atom. The van der Waals surface area contributed by atoms with Crippen LogP contribution in [0.5, 0.6) is 0 Å². The molecule has 0 saturated heterocycles. The molecule has 10 heavy (non-hydrogen) atoms. The van der Waals surface area contributed by atoms with Gasteiger partial charge in [0.05, 0.1) is 12.2 Å². The minimum atomic E-state index is 0.119. The molecule has 0 rings (SSSR count). The molecule has 0 aliphatic rings. The molecular weight excluding hydrogens is 126 g/mol. The maximum atomic E-state index is 8.21. The fraction of sp³-hybridized carbons (Fsp3) is 0.625. The first-order valence-electron chi connectivity index (χ1n) is 3.37. The number of rotatable bonds is 5. The van der Waals surface area contributed by atoms with E-state index in [0.717, 1.165) is 12.8 Å². The first kappa shape index (κ1) is 9.19. The summed E-state index contributed by atoms with van der Waals surface area (Å²) in [4.78, 5) is 0. The molecule has 2 heteroatoms. The maximum Gasteiger partial charge on any atom is 0.0749 e. The van der Waals surface area contributed by atoms with Gasteiger partial charge in [-0.05, 0) is 12.8 Å². The molecule has 56 valence electrons. The lowest BCUT2D eigenvalue weighted by atomic mass is 10.1. The number of nitrogens with zero attached hydrogens (tertiary/aromatic N) is 1. The quantitative estimate of drug-likeness (QED) is 0.430. The number of methoxy groups -OCH3 is 1. The second-order valence-electron chi connectivity index (χ2n) is 2.06. The third-order valence-electron chi connectivity index (χ3n) is 1.34. The molecule has 0 aromatic rings. The number of hydrogen-bond donors (Lipinski definition) is 0. The zero-order chi connectivity index (χ0) is 7.82. The molecular formula is C8H13NO. The molecule has 0 amide bonds. The Balaban J connectivity index is 3.27. The van der Waals surface area contributed by atoms with Gasteiger partial charge < -0.3 is 4.74 Å². The van der Waals surface area contributed by atoms with Crippen molar-refractivity contribution in [3.63, 3.8) is 0 Å². The average Bonchev–Trinajstić information content (AvgIpc) is 1.99.